The first-order chi connectivity index (χ1) is 7.11. The monoisotopic (exact) mass is 208 g/mol. The van der Waals surface area contributed by atoms with E-state index in [1.54, 1.807) is 0 Å². The van der Waals surface area contributed by atoms with Gasteiger partial charge in [0.05, 0.1) is 0 Å². The second kappa shape index (κ2) is 3.93. The molecular weight excluding hydrogens is 188 g/mol. The Hall–Kier alpha value is -0.900. The third-order valence-electron chi connectivity index (χ3n) is 3.54. The van der Waals surface area contributed by atoms with Crippen molar-refractivity contribution in [3.05, 3.63) is 11.6 Å². The summed E-state index contributed by atoms with van der Waals surface area (Å²) in [7, 11) is 2.01. The van der Waals surface area contributed by atoms with E-state index in [4.69, 9.17) is 5.73 Å². The highest BCUT2D eigenvalue weighted by Gasteiger charge is 2.29. The van der Waals surface area contributed by atoms with E-state index in [0.29, 0.717) is 0 Å². The molecule has 2 rings (SSSR count). The van der Waals surface area contributed by atoms with Gasteiger partial charge in [-0.05, 0) is 19.8 Å². The molecule has 0 aromatic carbocycles. The first kappa shape index (κ1) is 10.6. The minimum absolute atomic E-state index is 0.0362. The fourth-order valence-corrected chi connectivity index (χ4v) is 2.35. The van der Waals surface area contributed by atoms with E-state index in [2.05, 4.69) is 10.2 Å². The van der Waals surface area contributed by atoms with E-state index in [1.807, 2.05) is 18.5 Å². The smallest absolute Gasteiger partial charge is 0.134 e. The third kappa shape index (κ3) is 2.20. The Kier molecular flexibility index (Phi) is 2.78. The van der Waals surface area contributed by atoms with Gasteiger partial charge in [0.2, 0.25) is 0 Å². The Balaban J connectivity index is 2.10. The van der Waals surface area contributed by atoms with Crippen molar-refractivity contribution >= 4 is 0 Å². The van der Waals surface area contributed by atoms with Crippen LogP contribution in [0.15, 0.2) is 0 Å². The highest BCUT2D eigenvalue weighted by Crippen LogP contribution is 2.28. The lowest BCUT2D eigenvalue weighted by Crippen LogP contribution is -2.44. The molecule has 0 saturated heterocycles. The van der Waals surface area contributed by atoms with Gasteiger partial charge in [0, 0.05) is 19.0 Å². The minimum Gasteiger partial charge on any atom is -0.325 e. The number of aryl methyl sites for hydroxylation is 1. The Morgan fingerprint density at radius 1 is 1.27 bits per heavy atom. The van der Waals surface area contributed by atoms with Crippen molar-refractivity contribution in [2.45, 2.75) is 51.0 Å². The van der Waals surface area contributed by atoms with Crippen LogP contribution in [0.3, 0.4) is 0 Å². The second-order valence-electron chi connectivity index (χ2n) is 4.82. The van der Waals surface area contributed by atoms with E-state index in [0.717, 1.165) is 30.9 Å². The van der Waals surface area contributed by atoms with Crippen LogP contribution in [0.2, 0.25) is 0 Å². The Morgan fingerprint density at radius 2 is 1.93 bits per heavy atom. The van der Waals surface area contributed by atoms with Gasteiger partial charge in [-0.3, -0.25) is 0 Å². The number of hydrogen-bond donors (Lipinski definition) is 1. The summed E-state index contributed by atoms with van der Waals surface area (Å²) in [4.78, 5) is 0. The van der Waals surface area contributed by atoms with Gasteiger partial charge < -0.3 is 10.3 Å². The topological polar surface area (TPSA) is 56.7 Å². The van der Waals surface area contributed by atoms with Crippen molar-refractivity contribution in [2.75, 3.05) is 0 Å². The minimum atomic E-state index is -0.0362. The van der Waals surface area contributed by atoms with Crippen molar-refractivity contribution in [3.63, 3.8) is 0 Å². The number of aromatic nitrogens is 3. The standard InChI is InChI=1S/C11H20N4/c1-9-13-14-10(15(9)2)8-11(12)6-4-3-5-7-11/h3-8,12H2,1-2H3. The fraction of sp³-hybridized carbons (Fsp3) is 0.818. The molecule has 0 atom stereocenters. The number of rotatable bonds is 2. The van der Waals surface area contributed by atoms with Crippen LogP contribution in [0.5, 0.6) is 0 Å². The predicted molar refractivity (Wildman–Crippen MR) is 59.4 cm³/mol. The summed E-state index contributed by atoms with van der Waals surface area (Å²) in [5.74, 6) is 1.99. The zero-order valence-electron chi connectivity index (χ0n) is 9.66. The zero-order valence-corrected chi connectivity index (χ0v) is 9.66. The lowest BCUT2D eigenvalue weighted by Gasteiger charge is -2.32. The van der Waals surface area contributed by atoms with Gasteiger partial charge in [0.1, 0.15) is 11.6 Å². The molecule has 0 amide bonds. The van der Waals surface area contributed by atoms with Crippen molar-refractivity contribution in [2.24, 2.45) is 12.8 Å². The van der Waals surface area contributed by atoms with Crippen molar-refractivity contribution < 1.29 is 0 Å². The van der Waals surface area contributed by atoms with E-state index < -0.39 is 0 Å². The fourth-order valence-electron chi connectivity index (χ4n) is 2.35. The lowest BCUT2D eigenvalue weighted by atomic mass is 9.80. The molecule has 84 valence electrons. The Morgan fingerprint density at radius 3 is 2.47 bits per heavy atom. The molecule has 1 aromatic rings. The predicted octanol–water partition coefficient (Wildman–Crippen LogP) is 1.33. The van der Waals surface area contributed by atoms with Crippen molar-refractivity contribution in [1.82, 2.24) is 14.8 Å². The normalized spacial score (nSPS) is 20.5. The van der Waals surface area contributed by atoms with Crippen LogP contribution in [0.25, 0.3) is 0 Å². The van der Waals surface area contributed by atoms with Gasteiger partial charge in [0.15, 0.2) is 0 Å². The highest BCUT2D eigenvalue weighted by molar-refractivity contribution is 5.01. The molecule has 0 radical (unpaired) electrons. The molecule has 4 heteroatoms. The van der Waals surface area contributed by atoms with Gasteiger partial charge in [-0.25, -0.2) is 0 Å². The summed E-state index contributed by atoms with van der Waals surface area (Å²) < 4.78 is 2.04. The quantitative estimate of drug-likeness (QED) is 0.797. The van der Waals surface area contributed by atoms with Crippen LogP contribution < -0.4 is 5.73 Å². The average Bonchev–Trinajstić information content (AvgIpc) is 2.50. The maximum absolute atomic E-state index is 6.39. The van der Waals surface area contributed by atoms with Crippen LogP contribution in [-0.2, 0) is 13.5 Å². The SMILES string of the molecule is Cc1nnc(CC2(N)CCCCC2)n1C. The summed E-state index contributed by atoms with van der Waals surface area (Å²) >= 11 is 0. The lowest BCUT2D eigenvalue weighted by molar-refractivity contribution is 0.287. The molecule has 1 aromatic heterocycles. The van der Waals surface area contributed by atoms with Crippen LogP contribution in [0.1, 0.15) is 43.8 Å². The molecule has 2 N–H and O–H groups in total. The maximum Gasteiger partial charge on any atom is 0.134 e. The number of hydrogen-bond acceptors (Lipinski definition) is 3. The molecule has 0 spiro atoms. The van der Waals surface area contributed by atoms with Crippen molar-refractivity contribution in [1.29, 1.82) is 0 Å². The van der Waals surface area contributed by atoms with E-state index in [-0.39, 0.29) is 5.54 Å². The molecule has 0 bridgehead atoms. The molecule has 1 aliphatic rings. The van der Waals surface area contributed by atoms with Crippen LogP contribution in [0.4, 0.5) is 0 Å². The summed E-state index contributed by atoms with van der Waals surface area (Å²) in [6.45, 7) is 1.97. The maximum atomic E-state index is 6.39. The summed E-state index contributed by atoms with van der Waals surface area (Å²) in [6.07, 6.45) is 6.96. The van der Waals surface area contributed by atoms with E-state index >= 15 is 0 Å². The van der Waals surface area contributed by atoms with Gasteiger partial charge in [-0.2, -0.15) is 0 Å². The number of nitrogens with zero attached hydrogens (tertiary/aromatic N) is 3. The largest absolute Gasteiger partial charge is 0.325 e. The zero-order chi connectivity index (χ0) is 10.9. The Labute approximate surface area is 90.9 Å². The molecule has 0 aliphatic heterocycles. The van der Waals surface area contributed by atoms with E-state index in [9.17, 15) is 0 Å². The van der Waals surface area contributed by atoms with Crippen LogP contribution in [0, 0.1) is 6.92 Å². The highest BCUT2D eigenvalue weighted by atomic mass is 15.3. The first-order valence-electron chi connectivity index (χ1n) is 5.74. The summed E-state index contributed by atoms with van der Waals surface area (Å²) in [5.41, 5.74) is 6.35. The summed E-state index contributed by atoms with van der Waals surface area (Å²) in [5, 5.41) is 8.26. The molecular formula is C11H20N4. The molecule has 0 unspecified atom stereocenters. The summed E-state index contributed by atoms with van der Waals surface area (Å²) in [6, 6.07) is 0. The van der Waals surface area contributed by atoms with E-state index in [1.165, 1.54) is 19.3 Å². The average molecular weight is 208 g/mol. The van der Waals surface area contributed by atoms with Crippen LogP contribution >= 0.6 is 0 Å². The molecule has 4 nitrogen and oxygen atoms in total. The first-order valence-corrected chi connectivity index (χ1v) is 5.74. The van der Waals surface area contributed by atoms with Crippen LogP contribution in [-0.4, -0.2) is 20.3 Å². The van der Waals surface area contributed by atoms with Crippen molar-refractivity contribution in [3.8, 4) is 0 Å². The van der Waals surface area contributed by atoms with Gasteiger partial charge >= 0.3 is 0 Å². The molecule has 1 saturated carbocycles. The van der Waals surface area contributed by atoms with Gasteiger partial charge in [-0.15, -0.1) is 10.2 Å². The molecule has 1 aliphatic carbocycles. The second-order valence-corrected chi connectivity index (χ2v) is 4.82. The Bertz CT molecular complexity index is 336. The molecule has 1 heterocycles. The molecule has 1 fully saturated rings. The molecule has 15 heavy (non-hydrogen) atoms. The number of nitrogens with two attached hydrogens (primary N) is 1. The van der Waals surface area contributed by atoms with Gasteiger partial charge in [0.25, 0.3) is 0 Å². The van der Waals surface area contributed by atoms with Gasteiger partial charge in [-0.1, -0.05) is 19.3 Å². The third-order valence-corrected chi connectivity index (χ3v) is 3.54.